The number of hydrogen-bond donors (Lipinski definition) is 2. The lowest BCUT2D eigenvalue weighted by Gasteiger charge is -2.37. The highest BCUT2D eigenvalue weighted by atomic mass is 16.6. The lowest BCUT2D eigenvalue weighted by atomic mass is 9.75. The SMILES string of the molecule is CC(C)[C@@H]1CC[C@@H](C)C[C@H]1OC(=O)[C@H](Cc1ccccc1)NNC(=O)OCc1ccccc1. The fourth-order valence-corrected chi connectivity index (χ4v) is 4.43. The number of benzene rings is 2. The molecule has 1 aliphatic carbocycles. The van der Waals surface area contributed by atoms with Crippen LogP contribution in [0.5, 0.6) is 0 Å². The van der Waals surface area contributed by atoms with E-state index in [0.29, 0.717) is 24.2 Å². The van der Waals surface area contributed by atoms with Gasteiger partial charge >= 0.3 is 12.1 Å². The van der Waals surface area contributed by atoms with Crippen LogP contribution in [-0.2, 0) is 27.3 Å². The second kappa shape index (κ2) is 12.4. The molecule has 1 aliphatic rings. The Bertz CT molecular complexity index is 872. The molecule has 3 rings (SSSR count). The minimum atomic E-state index is -0.721. The summed E-state index contributed by atoms with van der Waals surface area (Å²) in [5.74, 6) is 0.977. The molecule has 0 radical (unpaired) electrons. The molecule has 0 spiro atoms. The molecule has 2 aromatic rings. The normalized spacial score (nSPS) is 21.3. The van der Waals surface area contributed by atoms with Gasteiger partial charge < -0.3 is 9.47 Å². The number of esters is 1. The summed E-state index contributed by atoms with van der Waals surface area (Å²) in [6.45, 7) is 6.73. The van der Waals surface area contributed by atoms with Crippen LogP contribution in [0.25, 0.3) is 0 Å². The highest BCUT2D eigenvalue weighted by Crippen LogP contribution is 2.35. The van der Waals surface area contributed by atoms with Crippen LogP contribution in [0.4, 0.5) is 4.79 Å². The van der Waals surface area contributed by atoms with E-state index < -0.39 is 12.1 Å². The number of rotatable bonds is 9. The summed E-state index contributed by atoms with van der Waals surface area (Å²) in [6.07, 6.45) is 2.75. The summed E-state index contributed by atoms with van der Waals surface area (Å²) in [5, 5.41) is 0. The Labute approximate surface area is 197 Å². The molecule has 0 aromatic heterocycles. The van der Waals surface area contributed by atoms with Gasteiger partial charge in [0.15, 0.2) is 0 Å². The van der Waals surface area contributed by atoms with Gasteiger partial charge in [-0.15, -0.1) is 0 Å². The molecule has 1 amide bonds. The van der Waals surface area contributed by atoms with Gasteiger partial charge in [-0.05, 0) is 41.7 Å². The van der Waals surface area contributed by atoms with Gasteiger partial charge in [0.25, 0.3) is 0 Å². The van der Waals surface area contributed by atoms with Gasteiger partial charge in [-0.2, -0.15) is 0 Å². The monoisotopic (exact) mass is 452 g/mol. The molecular formula is C27H36N2O4. The fraction of sp³-hybridized carbons (Fsp3) is 0.481. The predicted octanol–water partition coefficient (Wildman–Crippen LogP) is 5.03. The number of carbonyl (C=O) groups is 2. The Morgan fingerprint density at radius 1 is 0.970 bits per heavy atom. The zero-order valence-corrected chi connectivity index (χ0v) is 19.8. The van der Waals surface area contributed by atoms with Crippen molar-refractivity contribution >= 4 is 12.1 Å². The third-order valence-corrected chi connectivity index (χ3v) is 6.36. The molecule has 33 heavy (non-hydrogen) atoms. The predicted molar refractivity (Wildman–Crippen MR) is 128 cm³/mol. The van der Waals surface area contributed by atoms with E-state index in [1.165, 1.54) is 0 Å². The van der Waals surface area contributed by atoms with Crippen LogP contribution in [-0.4, -0.2) is 24.2 Å². The number of nitrogens with one attached hydrogen (secondary N) is 2. The van der Waals surface area contributed by atoms with E-state index in [0.717, 1.165) is 30.4 Å². The van der Waals surface area contributed by atoms with Gasteiger partial charge in [-0.1, -0.05) is 87.9 Å². The highest BCUT2D eigenvalue weighted by molar-refractivity contribution is 5.77. The van der Waals surface area contributed by atoms with Crippen molar-refractivity contribution in [3.63, 3.8) is 0 Å². The zero-order chi connectivity index (χ0) is 23.6. The Kier molecular flexibility index (Phi) is 9.31. The van der Waals surface area contributed by atoms with E-state index in [9.17, 15) is 9.59 Å². The van der Waals surface area contributed by atoms with Gasteiger partial charge in [-0.3, -0.25) is 10.2 Å². The first-order valence-corrected chi connectivity index (χ1v) is 11.9. The molecular weight excluding hydrogens is 416 g/mol. The van der Waals surface area contributed by atoms with E-state index in [2.05, 4.69) is 31.6 Å². The Hall–Kier alpha value is -2.86. The number of hydrogen-bond acceptors (Lipinski definition) is 5. The molecule has 1 fully saturated rings. The molecule has 0 heterocycles. The van der Waals surface area contributed by atoms with Crippen molar-refractivity contribution in [2.45, 2.75) is 65.2 Å². The summed E-state index contributed by atoms with van der Waals surface area (Å²) in [7, 11) is 0. The standard InChI is InChI=1S/C27H36N2O4/c1-19(2)23-15-14-20(3)16-25(23)33-26(30)24(17-21-10-6-4-7-11-21)28-29-27(31)32-18-22-12-8-5-9-13-22/h4-13,19-20,23-25,28H,14-18H2,1-3H3,(H,29,31)/t20-,23+,24+,25-/m1/s1. The van der Waals surface area contributed by atoms with Crippen molar-refractivity contribution in [1.82, 2.24) is 10.9 Å². The minimum absolute atomic E-state index is 0.105. The van der Waals surface area contributed by atoms with Crippen LogP contribution >= 0.6 is 0 Å². The summed E-state index contributed by atoms with van der Waals surface area (Å²) in [4.78, 5) is 25.4. The van der Waals surface area contributed by atoms with Crippen LogP contribution in [0.3, 0.4) is 0 Å². The summed E-state index contributed by atoms with van der Waals surface area (Å²) >= 11 is 0. The van der Waals surface area contributed by atoms with Gasteiger partial charge in [0.2, 0.25) is 0 Å². The zero-order valence-electron chi connectivity index (χ0n) is 19.8. The number of ether oxygens (including phenoxy) is 2. The lowest BCUT2D eigenvalue weighted by Crippen LogP contribution is -2.51. The van der Waals surface area contributed by atoms with E-state index in [-0.39, 0.29) is 18.7 Å². The van der Waals surface area contributed by atoms with Crippen LogP contribution < -0.4 is 10.9 Å². The van der Waals surface area contributed by atoms with Gasteiger partial charge in [-0.25, -0.2) is 10.2 Å². The largest absolute Gasteiger partial charge is 0.461 e. The molecule has 178 valence electrons. The van der Waals surface area contributed by atoms with Crippen molar-refractivity contribution in [2.75, 3.05) is 0 Å². The minimum Gasteiger partial charge on any atom is -0.461 e. The molecule has 2 N–H and O–H groups in total. The van der Waals surface area contributed by atoms with Gasteiger partial charge in [0, 0.05) is 6.42 Å². The van der Waals surface area contributed by atoms with Crippen molar-refractivity contribution in [3.8, 4) is 0 Å². The van der Waals surface area contributed by atoms with Crippen molar-refractivity contribution in [3.05, 3.63) is 71.8 Å². The third-order valence-electron chi connectivity index (χ3n) is 6.36. The fourth-order valence-electron chi connectivity index (χ4n) is 4.43. The number of hydrazine groups is 1. The average molecular weight is 453 g/mol. The van der Waals surface area contributed by atoms with Crippen LogP contribution in [0, 0.1) is 17.8 Å². The van der Waals surface area contributed by atoms with E-state index >= 15 is 0 Å². The van der Waals surface area contributed by atoms with Crippen molar-refractivity contribution < 1.29 is 19.1 Å². The Morgan fingerprint density at radius 2 is 1.61 bits per heavy atom. The molecule has 6 nitrogen and oxygen atoms in total. The first kappa shape index (κ1) is 24.8. The van der Waals surface area contributed by atoms with Gasteiger partial charge in [0.05, 0.1) is 0 Å². The van der Waals surface area contributed by atoms with Gasteiger partial charge in [0.1, 0.15) is 18.8 Å². The first-order valence-electron chi connectivity index (χ1n) is 11.9. The van der Waals surface area contributed by atoms with Crippen LogP contribution in [0.1, 0.15) is 51.2 Å². The number of amides is 1. The van der Waals surface area contributed by atoms with E-state index in [4.69, 9.17) is 9.47 Å². The van der Waals surface area contributed by atoms with Crippen molar-refractivity contribution in [2.24, 2.45) is 17.8 Å². The summed E-state index contributed by atoms with van der Waals surface area (Å²) < 4.78 is 11.3. The van der Waals surface area contributed by atoms with Crippen LogP contribution in [0.15, 0.2) is 60.7 Å². The second-order valence-corrected chi connectivity index (χ2v) is 9.37. The maximum absolute atomic E-state index is 13.2. The first-order chi connectivity index (χ1) is 15.9. The van der Waals surface area contributed by atoms with E-state index in [1.807, 2.05) is 60.7 Å². The summed E-state index contributed by atoms with van der Waals surface area (Å²) in [6, 6.07) is 18.4. The van der Waals surface area contributed by atoms with Crippen molar-refractivity contribution in [1.29, 1.82) is 0 Å². The maximum atomic E-state index is 13.2. The molecule has 4 atom stereocenters. The Morgan fingerprint density at radius 3 is 2.24 bits per heavy atom. The quantitative estimate of drug-likeness (QED) is 0.412. The van der Waals surface area contributed by atoms with Crippen LogP contribution in [0.2, 0.25) is 0 Å². The molecule has 0 saturated heterocycles. The second-order valence-electron chi connectivity index (χ2n) is 9.37. The van der Waals surface area contributed by atoms with E-state index in [1.54, 1.807) is 0 Å². The molecule has 0 aliphatic heterocycles. The lowest BCUT2D eigenvalue weighted by molar-refractivity contribution is -0.158. The molecule has 6 heteroatoms. The topological polar surface area (TPSA) is 76.7 Å². The smallest absolute Gasteiger partial charge is 0.421 e. The molecule has 0 bridgehead atoms. The highest BCUT2D eigenvalue weighted by Gasteiger charge is 2.35. The molecule has 2 aromatic carbocycles. The third kappa shape index (κ3) is 7.90. The summed E-state index contributed by atoms with van der Waals surface area (Å²) in [5.41, 5.74) is 7.24. The average Bonchev–Trinajstić information content (AvgIpc) is 2.81. The molecule has 1 saturated carbocycles. The Balaban J connectivity index is 1.61. The number of carbonyl (C=O) groups excluding carboxylic acids is 2. The maximum Gasteiger partial charge on any atom is 0.421 e. The molecule has 0 unspecified atom stereocenters.